The van der Waals surface area contributed by atoms with E-state index in [1.54, 1.807) is 24.0 Å². The Morgan fingerprint density at radius 2 is 1.97 bits per heavy atom. The molecular weight excluding hydrogens is 464 g/mol. The molecule has 176 valence electrons. The lowest BCUT2D eigenvalue weighted by Gasteiger charge is -2.33. The van der Waals surface area contributed by atoms with Crippen molar-refractivity contribution in [2.45, 2.75) is 44.8 Å². The Hall–Kier alpha value is -3.17. The number of nitrogens with zero attached hydrogens (tertiary/aromatic N) is 5. The van der Waals surface area contributed by atoms with Crippen LogP contribution in [0.3, 0.4) is 0 Å². The maximum absolute atomic E-state index is 14.8. The Balaban J connectivity index is 1.69. The maximum atomic E-state index is 14.8. The van der Waals surface area contributed by atoms with Crippen molar-refractivity contribution in [1.29, 1.82) is 0 Å². The molecule has 1 saturated heterocycles. The number of halogens is 3. The van der Waals surface area contributed by atoms with Crippen LogP contribution in [0.25, 0.3) is 16.9 Å². The van der Waals surface area contributed by atoms with Crippen LogP contribution in [-0.4, -0.2) is 30.3 Å². The van der Waals surface area contributed by atoms with Crippen LogP contribution in [-0.2, 0) is 11.8 Å². The van der Waals surface area contributed by atoms with Gasteiger partial charge in [-0.15, -0.1) is 0 Å². The van der Waals surface area contributed by atoms with Crippen molar-refractivity contribution in [3.8, 4) is 11.3 Å². The molecule has 7 nitrogen and oxygen atoms in total. The molecule has 0 amide bonds. The molecule has 3 atom stereocenters. The fourth-order valence-corrected chi connectivity index (χ4v) is 4.65. The summed E-state index contributed by atoms with van der Waals surface area (Å²) in [6.45, 7) is 3.58. The van der Waals surface area contributed by atoms with E-state index in [1.165, 1.54) is 10.5 Å². The van der Waals surface area contributed by atoms with Crippen LogP contribution in [0, 0.1) is 18.6 Å². The first-order valence-corrected chi connectivity index (χ1v) is 11.3. The van der Waals surface area contributed by atoms with Gasteiger partial charge in [-0.25, -0.2) is 18.7 Å². The highest BCUT2D eigenvalue weighted by atomic mass is 35.5. The fourth-order valence-electron chi connectivity index (χ4n) is 4.51. The molecule has 0 aliphatic carbocycles. The number of fused-ring (bicyclic) bond motifs is 1. The molecule has 1 fully saturated rings. The van der Waals surface area contributed by atoms with Gasteiger partial charge in [-0.2, -0.15) is 5.10 Å². The average molecular weight is 486 g/mol. The Kier molecular flexibility index (Phi) is 5.69. The summed E-state index contributed by atoms with van der Waals surface area (Å²) in [5, 5.41) is 4.22. The van der Waals surface area contributed by atoms with E-state index in [1.807, 2.05) is 20.2 Å². The summed E-state index contributed by atoms with van der Waals surface area (Å²) in [6.07, 6.45) is 6.26. The maximum Gasteiger partial charge on any atom is 0.277 e. The Morgan fingerprint density at radius 1 is 1.18 bits per heavy atom. The van der Waals surface area contributed by atoms with E-state index in [0.717, 1.165) is 17.7 Å². The summed E-state index contributed by atoms with van der Waals surface area (Å²) < 4.78 is 37.6. The third-order valence-electron chi connectivity index (χ3n) is 6.15. The van der Waals surface area contributed by atoms with Gasteiger partial charge in [0.2, 0.25) is 0 Å². The minimum atomic E-state index is -0.790. The van der Waals surface area contributed by atoms with Gasteiger partial charge in [-0.1, -0.05) is 11.6 Å². The topological polar surface area (TPSA) is 74.3 Å². The Bertz CT molecular complexity index is 1470. The highest BCUT2D eigenvalue weighted by Crippen LogP contribution is 2.40. The van der Waals surface area contributed by atoms with Crippen LogP contribution >= 0.6 is 11.6 Å². The van der Waals surface area contributed by atoms with E-state index in [-0.39, 0.29) is 40.1 Å². The monoisotopic (exact) mass is 485 g/mol. The average Bonchev–Trinajstić information content (AvgIpc) is 3.23. The van der Waals surface area contributed by atoms with Crippen LogP contribution < -0.4 is 5.56 Å². The molecule has 3 aromatic heterocycles. The van der Waals surface area contributed by atoms with Gasteiger partial charge in [0.15, 0.2) is 5.65 Å². The largest absolute Gasteiger partial charge is 0.370 e. The van der Waals surface area contributed by atoms with Gasteiger partial charge >= 0.3 is 0 Å². The lowest BCUT2D eigenvalue weighted by atomic mass is 9.87. The Labute approximate surface area is 199 Å². The summed E-state index contributed by atoms with van der Waals surface area (Å²) in [4.78, 5) is 22.2. The zero-order chi connectivity index (χ0) is 24.1. The lowest BCUT2D eigenvalue weighted by Crippen LogP contribution is -2.27. The number of rotatable bonds is 3. The van der Waals surface area contributed by atoms with Crippen molar-refractivity contribution >= 4 is 17.2 Å². The van der Waals surface area contributed by atoms with Crippen molar-refractivity contribution in [2.75, 3.05) is 0 Å². The van der Waals surface area contributed by atoms with E-state index >= 15 is 0 Å². The zero-order valence-electron chi connectivity index (χ0n) is 18.8. The van der Waals surface area contributed by atoms with Gasteiger partial charge in [0.1, 0.15) is 22.4 Å². The summed E-state index contributed by atoms with van der Waals surface area (Å²) in [7, 11) is 1.84. The first kappa shape index (κ1) is 22.6. The van der Waals surface area contributed by atoms with E-state index in [0.29, 0.717) is 24.2 Å². The molecule has 10 heteroatoms. The predicted octanol–water partition coefficient (Wildman–Crippen LogP) is 4.75. The molecule has 1 aliphatic rings. The molecule has 0 spiro atoms. The summed E-state index contributed by atoms with van der Waals surface area (Å²) in [6, 6.07) is 3.24. The van der Waals surface area contributed by atoms with Gasteiger partial charge in [0.25, 0.3) is 5.56 Å². The summed E-state index contributed by atoms with van der Waals surface area (Å²) >= 11 is 6.20. The fraction of sp³-hybridized carbons (Fsp3) is 0.333. The highest BCUT2D eigenvalue weighted by molar-refractivity contribution is 6.31. The third-order valence-corrected chi connectivity index (χ3v) is 6.59. The number of aromatic nitrogens is 5. The van der Waals surface area contributed by atoms with E-state index < -0.39 is 17.2 Å². The number of hydrogen-bond acceptors (Lipinski definition) is 5. The molecule has 4 heterocycles. The standard InChI is InChI=1S/C24H22ClF2N5O2/c1-12-6-14(7-20(34-12)15-9-28-31(3)10-15)19-11-32-23(29-13(2)21(25)24(32)33)22(30-19)17-5-4-16(26)8-18(17)27/h4-5,8-12,14,20H,6-7H2,1-3H3. The van der Waals surface area contributed by atoms with Crippen molar-refractivity contribution in [2.24, 2.45) is 7.05 Å². The van der Waals surface area contributed by atoms with E-state index in [2.05, 4.69) is 10.1 Å². The second-order valence-corrected chi connectivity index (χ2v) is 9.08. The second kappa shape index (κ2) is 8.56. The predicted molar refractivity (Wildman–Crippen MR) is 123 cm³/mol. The van der Waals surface area contributed by atoms with Gasteiger partial charge in [0.05, 0.1) is 29.8 Å². The number of ether oxygens (including phenoxy) is 1. The molecule has 1 aliphatic heterocycles. The molecular formula is C24H22ClF2N5O2. The molecule has 0 radical (unpaired) electrons. The smallest absolute Gasteiger partial charge is 0.277 e. The first-order chi connectivity index (χ1) is 16.2. The molecule has 3 unspecified atom stereocenters. The summed E-state index contributed by atoms with van der Waals surface area (Å²) in [5.74, 6) is -1.58. The molecule has 0 N–H and O–H groups in total. The molecule has 0 saturated carbocycles. The van der Waals surface area contributed by atoms with Gasteiger partial charge < -0.3 is 4.74 Å². The van der Waals surface area contributed by atoms with Gasteiger partial charge in [-0.05, 0) is 38.8 Å². The Morgan fingerprint density at radius 3 is 2.68 bits per heavy atom. The van der Waals surface area contributed by atoms with Gasteiger partial charge in [0, 0.05) is 42.6 Å². The van der Waals surface area contributed by atoms with Crippen LogP contribution in [0.2, 0.25) is 5.02 Å². The van der Waals surface area contributed by atoms with Crippen molar-refractivity contribution in [3.05, 3.63) is 80.8 Å². The van der Waals surface area contributed by atoms with Crippen LogP contribution in [0.15, 0.2) is 41.6 Å². The van der Waals surface area contributed by atoms with E-state index in [9.17, 15) is 13.6 Å². The molecule has 1 aromatic carbocycles. The van der Waals surface area contributed by atoms with Crippen molar-refractivity contribution < 1.29 is 13.5 Å². The lowest BCUT2D eigenvalue weighted by molar-refractivity contribution is -0.0506. The SMILES string of the molecule is Cc1nc2c(-c3ccc(F)cc3F)nc(C3CC(C)OC(c4cnn(C)c4)C3)cn2c(=O)c1Cl. The van der Waals surface area contributed by atoms with E-state index in [4.69, 9.17) is 21.3 Å². The molecule has 0 bridgehead atoms. The first-order valence-electron chi connectivity index (χ1n) is 10.9. The zero-order valence-corrected chi connectivity index (χ0v) is 19.6. The molecule has 34 heavy (non-hydrogen) atoms. The minimum Gasteiger partial charge on any atom is -0.370 e. The van der Waals surface area contributed by atoms with Crippen LogP contribution in [0.1, 0.15) is 48.7 Å². The molecule has 4 aromatic rings. The number of aryl methyl sites for hydroxylation is 2. The van der Waals surface area contributed by atoms with Crippen molar-refractivity contribution in [1.82, 2.24) is 24.1 Å². The van der Waals surface area contributed by atoms with Crippen LogP contribution in [0.5, 0.6) is 0 Å². The molecule has 5 rings (SSSR count). The van der Waals surface area contributed by atoms with Crippen molar-refractivity contribution in [3.63, 3.8) is 0 Å². The quantitative estimate of drug-likeness (QED) is 0.418. The number of benzene rings is 1. The highest BCUT2D eigenvalue weighted by Gasteiger charge is 2.32. The second-order valence-electron chi connectivity index (χ2n) is 8.70. The third kappa shape index (κ3) is 3.99. The normalized spacial score (nSPS) is 20.7. The number of hydrogen-bond donors (Lipinski definition) is 0. The van der Waals surface area contributed by atoms with Crippen LogP contribution in [0.4, 0.5) is 8.78 Å². The minimum absolute atomic E-state index is 0.0197. The van der Waals surface area contributed by atoms with Gasteiger partial charge in [-0.3, -0.25) is 13.9 Å². The summed E-state index contributed by atoms with van der Waals surface area (Å²) in [5.41, 5.74) is 1.73.